The molecule has 0 unspecified atom stereocenters. The van der Waals surface area contributed by atoms with E-state index >= 15 is 0 Å². The molecule has 0 aliphatic carbocycles. The van der Waals surface area contributed by atoms with Gasteiger partial charge in [0.05, 0.1) is 12.7 Å². The van der Waals surface area contributed by atoms with Crippen molar-refractivity contribution in [3.8, 4) is 0 Å². The number of anilines is 1. The summed E-state index contributed by atoms with van der Waals surface area (Å²) in [6.07, 6.45) is 4.26. The summed E-state index contributed by atoms with van der Waals surface area (Å²) in [6.45, 7) is 2.95. The van der Waals surface area contributed by atoms with E-state index in [4.69, 9.17) is 4.74 Å². The summed E-state index contributed by atoms with van der Waals surface area (Å²) in [5.74, 6) is -0.307. The molecule has 2 aromatic carbocycles. The van der Waals surface area contributed by atoms with Crippen LogP contribution in [0.25, 0.3) is 22.4 Å². The maximum absolute atomic E-state index is 11.8. The van der Waals surface area contributed by atoms with Gasteiger partial charge in [-0.2, -0.15) is 4.57 Å². The number of benzene rings is 2. The van der Waals surface area contributed by atoms with Gasteiger partial charge in [0.2, 0.25) is 5.52 Å². The maximum atomic E-state index is 11.8. The highest BCUT2D eigenvalue weighted by Gasteiger charge is 2.19. The number of thiazole rings is 1. The Labute approximate surface area is 158 Å². The monoisotopic (exact) mass is 367 g/mol. The van der Waals surface area contributed by atoms with Crippen LogP contribution in [0.15, 0.2) is 42.5 Å². The first-order valence-corrected chi connectivity index (χ1v) is 9.35. The average Bonchev–Trinajstić information content (AvgIpc) is 3.02. The van der Waals surface area contributed by atoms with Gasteiger partial charge in [-0.05, 0) is 42.8 Å². The van der Waals surface area contributed by atoms with Gasteiger partial charge in [-0.3, -0.25) is 0 Å². The predicted octanol–water partition coefficient (Wildman–Crippen LogP) is 4.23. The number of hydrogen-bond donors (Lipinski definition) is 0. The van der Waals surface area contributed by atoms with E-state index in [1.165, 1.54) is 12.8 Å². The van der Waals surface area contributed by atoms with Crippen molar-refractivity contribution < 1.29 is 14.1 Å². The van der Waals surface area contributed by atoms with E-state index in [2.05, 4.69) is 52.8 Å². The Morgan fingerprint density at radius 1 is 1.15 bits per heavy atom. The number of nitrogens with zero attached hydrogens (tertiary/aromatic N) is 2. The fourth-order valence-electron chi connectivity index (χ4n) is 2.85. The predicted molar refractivity (Wildman–Crippen MR) is 109 cm³/mol. The molecule has 0 amide bonds. The molecule has 0 saturated heterocycles. The second kappa shape index (κ2) is 7.70. The first-order chi connectivity index (χ1) is 12.5. The molecular formula is C21H23N2O2S+. The zero-order chi connectivity index (χ0) is 18.7. The molecule has 0 N–H and O–H groups in total. The topological polar surface area (TPSA) is 33.4 Å². The van der Waals surface area contributed by atoms with E-state index in [1.54, 1.807) is 11.3 Å². The van der Waals surface area contributed by atoms with Crippen LogP contribution in [0.5, 0.6) is 0 Å². The van der Waals surface area contributed by atoms with Gasteiger partial charge in [-0.15, -0.1) is 0 Å². The van der Waals surface area contributed by atoms with Crippen molar-refractivity contribution in [1.82, 2.24) is 0 Å². The lowest BCUT2D eigenvalue weighted by Crippen LogP contribution is -2.33. The number of fused-ring (bicyclic) bond motifs is 1. The zero-order valence-electron chi connectivity index (χ0n) is 15.5. The third kappa shape index (κ3) is 3.63. The van der Waals surface area contributed by atoms with Crippen LogP contribution in [0.4, 0.5) is 5.69 Å². The van der Waals surface area contributed by atoms with Crippen molar-refractivity contribution in [3.05, 3.63) is 58.6 Å². The van der Waals surface area contributed by atoms with E-state index in [9.17, 15) is 4.79 Å². The van der Waals surface area contributed by atoms with Crippen molar-refractivity contribution >= 4 is 45.4 Å². The number of hydrogen-bond acceptors (Lipinski definition) is 4. The first kappa shape index (κ1) is 18.1. The average molecular weight is 367 g/mol. The minimum absolute atomic E-state index is 0.307. The smallest absolute Gasteiger partial charge is 0.338 e. The second-order valence-corrected chi connectivity index (χ2v) is 7.24. The van der Waals surface area contributed by atoms with Crippen LogP contribution in [0, 0.1) is 0 Å². The highest BCUT2D eigenvalue weighted by atomic mass is 32.1. The van der Waals surface area contributed by atoms with Crippen LogP contribution < -0.4 is 9.47 Å². The molecule has 0 aliphatic heterocycles. The van der Waals surface area contributed by atoms with Crippen LogP contribution in [-0.2, 0) is 11.3 Å². The second-order valence-electron chi connectivity index (χ2n) is 6.18. The molecule has 134 valence electrons. The molecule has 0 fully saturated rings. The van der Waals surface area contributed by atoms with Crippen LogP contribution in [0.1, 0.15) is 27.9 Å². The zero-order valence-corrected chi connectivity index (χ0v) is 16.3. The van der Waals surface area contributed by atoms with Gasteiger partial charge in [0.15, 0.2) is 0 Å². The molecule has 3 rings (SSSR count). The third-order valence-electron chi connectivity index (χ3n) is 4.30. The summed E-state index contributed by atoms with van der Waals surface area (Å²) in [5.41, 5.74) is 3.98. The number of carbonyl (C=O) groups is 1. The maximum Gasteiger partial charge on any atom is 0.338 e. The summed E-state index contributed by atoms with van der Waals surface area (Å²) >= 11 is 1.72. The van der Waals surface area contributed by atoms with Crippen molar-refractivity contribution in [2.24, 2.45) is 0 Å². The molecule has 1 heterocycles. The minimum Gasteiger partial charge on any atom is -0.465 e. The number of esters is 1. The number of rotatable bonds is 5. The number of carbonyl (C=O) groups excluding carboxylic acids is 1. The SMILES string of the molecule is CC[n+]1c(C=Cc2ccc(N(C)C)cc2)sc2ccc(C(=O)OC)cc21. The van der Waals surface area contributed by atoms with Crippen LogP contribution >= 0.6 is 11.3 Å². The largest absolute Gasteiger partial charge is 0.465 e. The summed E-state index contributed by atoms with van der Waals surface area (Å²) in [7, 11) is 5.48. The molecule has 4 nitrogen and oxygen atoms in total. The van der Waals surface area contributed by atoms with Crippen molar-refractivity contribution in [1.29, 1.82) is 0 Å². The van der Waals surface area contributed by atoms with Crippen molar-refractivity contribution in [3.63, 3.8) is 0 Å². The van der Waals surface area contributed by atoms with E-state index in [1.807, 2.05) is 32.3 Å². The normalized spacial score (nSPS) is 11.2. The number of ether oxygens (including phenoxy) is 1. The Morgan fingerprint density at radius 3 is 2.50 bits per heavy atom. The molecule has 0 radical (unpaired) electrons. The van der Waals surface area contributed by atoms with Gasteiger partial charge in [0, 0.05) is 31.9 Å². The molecule has 5 heteroatoms. The molecule has 0 bridgehead atoms. The Kier molecular flexibility index (Phi) is 5.38. The lowest BCUT2D eigenvalue weighted by atomic mass is 10.2. The number of methoxy groups -OCH3 is 1. The Morgan fingerprint density at radius 2 is 1.88 bits per heavy atom. The van der Waals surface area contributed by atoms with Crippen LogP contribution in [0.3, 0.4) is 0 Å². The van der Waals surface area contributed by atoms with Gasteiger partial charge in [0.25, 0.3) is 5.01 Å². The van der Waals surface area contributed by atoms with E-state index < -0.39 is 0 Å². The Hall–Kier alpha value is -2.66. The van der Waals surface area contributed by atoms with E-state index in [-0.39, 0.29) is 5.97 Å². The third-order valence-corrected chi connectivity index (χ3v) is 5.43. The summed E-state index contributed by atoms with van der Waals surface area (Å²) < 4.78 is 8.21. The highest BCUT2D eigenvalue weighted by molar-refractivity contribution is 7.18. The fourth-order valence-corrected chi connectivity index (χ4v) is 3.96. The highest BCUT2D eigenvalue weighted by Crippen LogP contribution is 2.24. The van der Waals surface area contributed by atoms with Gasteiger partial charge in [-0.25, -0.2) is 4.79 Å². The molecule has 0 saturated carbocycles. The van der Waals surface area contributed by atoms with Crippen molar-refractivity contribution in [2.75, 3.05) is 26.1 Å². The molecule has 0 atom stereocenters. The van der Waals surface area contributed by atoms with Gasteiger partial charge in [0.1, 0.15) is 11.2 Å². The van der Waals surface area contributed by atoms with E-state index in [0.717, 1.165) is 27.3 Å². The fraction of sp³-hybridized carbons (Fsp3) is 0.238. The Bertz CT molecular complexity index is 956. The number of aryl methyl sites for hydroxylation is 1. The molecular weight excluding hydrogens is 344 g/mol. The molecule has 26 heavy (non-hydrogen) atoms. The van der Waals surface area contributed by atoms with Crippen LogP contribution in [0.2, 0.25) is 0 Å². The van der Waals surface area contributed by atoms with Crippen molar-refractivity contribution in [2.45, 2.75) is 13.5 Å². The lowest BCUT2D eigenvalue weighted by Gasteiger charge is -2.11. The molecule has 0 spiro atoms. The van der Waals surface area contributed by atoms with Crippen LogP contribution in [-0.4, -0.2) is 27.2 Å². The minimum atomic E-state index is -0.307. The first-order valence-electron chi connectivity index (χ1n) is 8.53. The van der Waals surface area contributed by atoms with Gasteiger partial charge in [-0.1, -0.05) is 23.5 Å². The standard InChI is InChI=1S/C21H23N2O2S/c1-5-23-18-14-16(21(24)25-4)9-12-19(18)26-20(23)13-8-15-6-10-17(11-7-15)22(2)3/h6-14H,5H2,1-4H3/q+1. The summed E-state index contributed by atoms with van der Waals surface area (Å²) in [6, 6.07) is 14.2. The molecule has 0 aliphatic rings. The molecule has 3 aromatic rings. The number of aromatic nitrogens is 1. The quantitative estimate of drug-likeness (QED) is 0.500. The van der Waals surface area contributed by atoms with E-state index in [0.29, 0.717) is 5.56 Å². The Balaban J connectivity index is 1.95. The summed E-state index contributed by atoms with van der Waals surface area (Å²) in [5, 5.41) is 1.15. The van der Waals surface area contributed by atoms with Gasteiger partial charge < -0.3 is 9.64 Å². The lowest BCUT2D eigenvalue weighted by molar-refractivity contribution is -0.665. The molecule has 1 aromatic heterocycles. The van der Waals surface area contributed by atoms with Gasteiger partial charge >= 0.3 is 5.97 Å². The summed E-state index contributed by atoms with van der Waals surface area (Å²) in [4.78, 5) is 13.9.